The van der Waals surface area contributed by atoms with Crippen molar-refractivity contribution in [3.8, 4) is 0 Å². The molecule has 1 aromatic rings. The van der Waals surface area contributed by atoms with E-state index in [-0.39, 0.29) is 5.41 Å². The SMILES string of the molecule is CC(C)C(C)(C)CNc1c(Cl)cc(N)cc1Cl. The molecule has 0 heterocycles. The van der Waals surface area contributed by atoms with Gasteiger partial charge < -0.3 is 11.1 Å². The van der Waals surface area contributed by atoms with Gasteiger partial charge in [-0.1, -0.05) is 50.9 Å². The van der Waals surface area contributed by atoms with Gasteiger partial charge in [-0.15, -0.1) is 0 Å². The number of nitrogen functional groups attached to an aromatic ring is 1. The van der Waals surface area contributed by atoms with Gasteiger partial charge in [-0.2, -0.15) is 0 Å². The van der Waals surface area contributed by atoms with Gasteiger partial charge in [0.15, 0.2) is 0 Å². The van der Waals surface area contributed by atoms with Gasteiger partial charge in [-0.3, -0.25) is 0 Å². The molecular formula is C13H20Cl2N2. The lowest BCUT2D eigenvalue weighted by molar-refractivity contribution is 0.270. The molecule has 0 atom stereocenters. The predicted octanol–water partition coefficient (Wildman–Crippen LogP) is 4.67. The normalized spacial score (nSPS) is 11.9. The van der Waals surface area contributed by atoms with Crippen molar-refractivity contribution in [2.24, 2.45) is 11.3 Å². The number of nitrogens with two attached hydrogens (primary N) is 1. The summed E-state index contributed by atoms with van der Waals surface area (Å²) in [4.78, 5) is 0. The Morgan fingerprint density at radius 3 is 2.12 bits per heavy atom. The molecule has 96 valence electrons. The average Bonchev–Trinajstić information content (AvgIpc) is 2.15. The Balaban J connectivity index is 2.83. The fourth-order valence-electron chi connectivity index (χ4n) is 1.28. The minimum absolute atomic E-state index is 0.175. The van der Waals surface area contributed by atoms with E-state index in [1.807, 2.05) is 0 Å². The third kappa shape index (κ3) is 3.68. The van der Waals surface area contributed by atoms with Crippen LogP contribution in [0.1, 0.15) is 27.7 Å². The third-order valence-corrected chi connectivity index (χ3v) is 3.94. The van der Waals surface area contributed by atoms with Gasteiger partial charge in [0.1, 0.15) is 0 Å². The van der Waals surface area contributed by atoms with Crippen LogP contribution in [0.3, 0.4) is 0 Å². The van der Waals surface area contributed by atoms with Crippen LogP contribution in [0.15, 0.2) is 12.1 Å². The van der Waals surface area contributed by atoms with Crippen LogP contribution in [-0.2, 0) is 0 Å². The molecule has 0 saturated heterocycles. The number of rotatable bonds is 4. The van der Waals surface area contributed by atoms with Gasteiger partial charge in [-0.05, 0) is 23.5 Å². The average molecular weight is 275 g/mol. The Morgan fingerprint density at radius 2 is 1.71 bits per heavy atom. The summed E-state index contributed by atoms with van der Waals surface area (Å²) in [5, 5.41) is 4.44. The highest BCUT2D eigenvalue weighted by Crippen LogP contribution is 2.34. The molecule has 0 saturated carbocycles. The summed E-state index contributed by atoms with van der Waals surface area (Å²) in [6.07, 6.45) is 0. The van der Waals surface area contributed by atoms with Crippen molar-refractivity contribution in [1.29, 1.82) is 0 Å². The molecule has 0 bridgehead atoms. The molecular weight excluding hydrogens is 255 g/mol. The monoisotopic (exact) mass is 274 g/mol. The summed E-state index contributed by atoms with van der Waals surface area (Å²) in [6.45, 7) is 9.64. The van der Waals surface area contributed by atoms with E-state index in [0.29, 0.717) is 21.7 Å². The van der Waals surface area contributed by atoms with Crippen molar-refractivity contribution in [1.82, 2.24) is 0 Å². The zero-order chi connectivity index (χ0) is 13.2. The number of halogens is 2. The highest BCUT2D eigenvalue weighted by atomic mass is 35.5. The first kappa shape index (κ1) is 14.5. The van der Waals surface area contributed by atoms with E-state index in [1.54, 1.807) is 12.1 Å². The molecule has 0 unspecified atom stereocenters. The van der Waals surface area contributed by atoms with E-state index in [1.165, 1.54) is 0 Å². The molecule has 0 radical (unpaired) electrons. The van der Waals surface area contributed by atoms with Gasteiger partial charge in [-0.25, -0.2) is 0 Å². The van der Waals surface area contributed by atoms with Crippen LogP contribution in [0.25, 0.3) is 0 Å². The lowest BCUT2D eigenvalue weighted by atomic mass is 9.81. The number of hydrogen-bond acceptors (Lipinski definition) is 2. The lowest BCUT2D eigenvalue weighted by Gasteiger charge is -2.30. The minimum atomic E-state index is 0.175. The van der Waals surface area contributed by atoms with Crippen molar-refractivity contribution in [3.05, 3.63) is 22.2 Å². The van der Waals surface area contributed by atoms with Crippen molar-refractivity contribution >= 4 is 34.6 Å². The quantitative estimate of drug-likeness (QED) is 0.783. The molecule has 0 fully saturated rings. The second kappa shape index (κ2) is 5.36. The van der Waals surface area contributed by atoms with E-state index in [0.717, 1.165) is 12.2 Å². The van der Waals surface area contributed by atoms with Crippen molar-refractivity contribution < 1.29 is 0 Å². The molecule has 4 heteroatoms. The van der Waals surface area contributed by atoms with Gasteiger partial charge >= 0.3 is 0 Å². The Labute approximate surface area is 113 Å². The summed E-state index contributed by atoms with van der Waals surface area (Å²) >= 11 is 12.2. The molecule has 0 aliphatic carbocycles. The van der Waals surface area contributed by atoms with E-state index in [4.69, 9.17) is 28.9 Å². The van der Waals surface area contributed by atoms with Gasteiger partial charge in [0, 0.05) is 12.2 Å². The van der Waals surface area contributed by atoms with Crippen LogP contribution in [-0.4, -0.2) is 6.54 Å². The maximum absolute atomic E-state index is 6.12. The maximum atomic E-state index is 6.12. The largest absolute Gasteiger partial charge is 0.399 e. The fraction of sp³-hybridized carbons (Fsp3) is 0.538. The molecule has 0 amide bonds. The molecule has 1 aromatic carbocycles. The van der Waals surface area contributed by atoms with Crippen LogP contribution in [0.4, 0.5) is 11.4 Å². The van der Waals surface area contributed by atoms with Crippen LogP contribution in [0.5, 0.6) is 0 Å². The van der Waals surface area contributed by atoms with Crippen molar-refractivity contribution in [2.75, 3.05) is 17.6 Å². The molecule has 0 aromatic heterocycles. The summed E-state index contributed by atoms with van der Waals surface area (Å²) in [6, 6.07) is 3.41. The summed E-state index contributed by atoms with van der Waals surface area (Å²) in [5.41, 5.74) is 7.17. The van der Waals surface area contributed by atoms with E-state index in [2.05, 4.69) is 33.0 Å². The zero-order valence-electron chi connectivity index (χ0n) is 10.8. The number of nitrogens with one attached hydrogen (secondary N) is 1. The predicted molar refractivity (Wildman–Crippen MR) is 78.0 cm³/mol. The first-order chi connectivity index (χ1) is 7.74. The van der Waals surface area contributed by atoms with Crippen LogP contribution < -0.4 is 11.1 Å². The molecule has 2 nitrogen and oxygen atoms in total. The number of hydrogen-bond donors (Lipinski definition) is 2. The molecule has 0 spiro atoms. The Hall–Kier alpha value is -0.600. The second-order valence-corrected chi connectivity index (χ2v) is 6.17. The fourth-order valence-corrected chi connectivity index (χ4v) is 1.92. The molecule has 1 rings (SSSR count). The van der Waals surface area contributed by atoms with Gasteiger partial charge in [0.05, 0.1) is 15.7 Å². The van der Waals surface area contributed by atoms with Crippen LogP contribution >= 0.6 is 23.2 Å². The van der Waals surface area contributed by atoms with E-state index < -0.39 is 0 Å². The lowest BCUT2D eigenvalue weighted by Crippen LogP contribution is -2.28. The first-order valence-electron chi connectivity index (χ1n) is 5.72. The smallest absolute Gasteiger partial charge is 0.0720 e. The third-order valence-electron chi connectivity index (χ3n) is 3.35. The molecule has 3 N–H and O–H groups in total. The van der Waals surface area contributed by atoms with E-state index >= 15 is 0 Å². The molecule has 0 aliphatic heterocycles. The standard InChI is InChI=1S/C13H20Cl2N2/c1-8(2)13(3,4)7-17-12-10(14)5-9(16)6-11(12)15/h5-6,8,17H,7,16H2,1-4H3. The van der Waals surface area contributed by atoms with Crippen molar-refractivity contribution in [3.63, 3.8) is 0 Å². The Morgan fingerprint density at radius 1 is 1.24 bits per heavy atom. The Bertz CT molecular complexity index is 377. The maximum Gasteiger partial charge on any atom is 0.0720 e. The minimum Gasteiger partial charge on any atom is -0.399 e. The van der Waals surface area contributed by atoms with Gasteiger partial charge in [0.25, 0.3) is 0 Å². The van der Waals surface area contributed by atoms with E-state index in [9.17, 15) is 0 Å². The van der Waals surface area contributed by atoms with Crippen LogP contribution in [0, 0.1) is 11.3 Å². The zero-order valence-corrected chi connectivity index (χ0v) is 12.3. The molecule has 0 aliphatic rings. The van der Waals surface area contributed by atoms with Gasteiger partial charge in [0.2, 0.25) is 0 Å². The first-order valence-corrected chi connectivity index (χ1v) is 6.48. The summed E-state index contributed by atoms with van der Waals surface area (Å²) < 4.78 is 0. The summed E-state index contributed by atoms with van der Waals surface area (Å²) in [7, 11) is 0. The van der Waals surface area contributed by atoms with Crippen molar-refractivity contribution in [2.45, 2.75) is 27.7 Å². The number of benzene rings is 1. The summed E-state index contributed by atoms with van der Waals surface area (Å²) in [5.74, 6) is 0.571. The van der Waals surface area contributed by atoms with Crippen LogP contribution in [0.2, 0.25) is 10.0 Å². The highest BCUT2D eigenvalue weighted by Gasteiger charge is 2.22. The highest BCUT2D eigenvalue weighted by molar-refractivity contribution is 6.39. The number of anilines is 2. The Kier molecular flexibility index (Phi) is 4.56. The second-order valence-electron chi connectivity index (χ2n) is 5.36. The topological polar surface area (TPSA) is 38.0 Å². The molecule has 17 heavy (non-hydrogen) atoms.